The van der Waals surface area contributed by atoms with Crippen LogP contribution in [0.3, 0.4) is 0 Å². The van der Waals surface area contributed by atoms with Gasteiger partial charge in [0.15, 0.2) is 0 Å². The fraction of sp³-hybridized carbons (Fsp3) is 0.133. The Morgan fingerprint density at radius 2 is 1.55 bits per heavy atom. The molecule has 3 aromatic carbocycles. The van der Waals surface area contributed by atoms with Crippen LogP contribution in [0.2, 0.25) is 0 Å². The molecule has 0 radical (unpaired) electrons. The zero-order valence-corrected chi connectivity index (χ0v) is 17.5. The van der Waals surface area contributed by atoms with E-state index in [0.717, 1.165) is 6.54 Å². The second kappa shape index (κ2) is 7.19. The Balaban J connectivity index is 1.88. The Morgan fingerprint density at radius 3 is 2.39 bits per heavy atom. The molecule has 0 amide bonds. The predicted octanol–water partition coefficient (Wildman–Crippen LogP) is 5.74. The zero-order chi connectivity index (χ0) is 21.4. The standard InChI is InChI=1S/C30H19N/c1-4-6-7-8-9-14-21-30(3)25-17-12-10-15-22(25)23-19-20-27-28(29(23)30)24-16-11-13-18-26(24)31(27)5-2/h1,10-13,15-20H,5H2,2-3H3. The highest BCUT2D eigenvalue weighted by molar-refractivity contribution is 6.13. The highest BCUT2D eigenvalue weighted by atomic mass is 15.0. The van der Waals surface area contributed by atoms with E-state index in [2.05, 4.69) is 121 Å². The smallest absolute Gasteiger partial charge is 0.0812 e. The number of terminal acetylenes is 1. The average Bonchev–Trinajstić information content (AvgIpc) is 3.26. The zero-order valence-electron chi connectivity index (χ0n) is 17.5. The third kappa shape index (κ3) is 2.66. The lowest BCUT2D eigenvalue weighted by atomic mass is 9.79. The van der Waals surface area contributed by atoms with Crippen LogP contribution in [0, 0.1) is 47.9 Å². The van der Waals surface area contributed by atoms with Crippen LogP contribution in [-0.4, -0.2) is 4.57 Å². The summed E-state index contributed by atoms with van der Waals surface area (Å²) in [6.45, 7) is 5.31. The lowest BCUT2D eigenvalue weighted by molar-refractivity contribution is 0.785. The normalized spacial score (nSPS) is 15.5. The van der Waals surface area contributed by atoms with E-state index in [0.29, 0.717) is 0 Å². The molecule has 1 aliphatic rings. The summed E-state index contributed by atoms with van der Waals surface area (Å²) < 4.78 is 2.39. The van der Waals surface area contributed by atoms with E-state index in [1.165, 1.54) is 44.1 Å². The Labute approximate surface area is 183 Å². The number of aromatic nitrogens is 1. The van der Waals surface area contributed by atoms with Gasteiger partial charge in [0.25, 0.3) is 0 Å². The minimum atomic E-state index is -0.470. The number of hydrogen-bond donors (Lipinski definition) is 0. The molecule has 0 spiro atoms. The summed E-state index contributed by atoms with van der Waals surface area (Å²) in [5, 5.41) is 2.55. The molecule has 1 aromatic heterocycles. The van der Waals surface area contributed by atoms with E-state index >= 15 is 0 Å². The van der Waals surface area contributed by atoms with E-state index in [4.69, 9.17) is 6.42 Å². The van der Waals surface area contributed by atoms with Crippen molar-refractivity contribution in [1.82, 2.24) is 4.57 Å². The third-order valence-corrected chi connectivity index (χ3v) is 6.15. The van der Waals surface area contributed by atoms with E-state index in [-0.39, 0.29) is 0 Å². The molecule has 31 heavy (non-hydrogen) atoms. The quantitative estimate of drug-likeness (QED) is 0.363. The van der Waals surface area contributed by atoms with Gasteiger partial charge in [-0.3, -0.25) is 0 Å². The summed E-state index contributed by atoms with van der Waals surface area (Å²) in [7, 11) is 0. The van der Waals surface area contributed by atoms with Crippen molar-refractivity contribution in [2.24, 2.45) is 0 Å². The second-order valence-electron chi connectivity index (χ2n) is 7.71. The van der Waals surface area contributed by atoms with Crippen molar-refractivity contribution in [3.05, 3.63) is 71.8 Å². The molecule has 1 aliphatic carbocycles. The Hall–Kier alpha value is -4.30. The van der Waals surface area contributed by atoms with Gasteiger partial charge in [-0.2, -0.15) is 0 Å². The number of fused-ring (bicyclic) bond motifs is 7. The number of nitrogens with zero attached hydrogens (tertiary/aromatic N) is 1. The van der Waals surface area contributed by atoms with Crippen molar-refractivity contribution in [2.45, 2.75) is 25.8 Å². The number of aryl methyl sites for hydroxylation is 1. The minimum absolute atomic E-state index is 0.470. The monoisotopic (exact) mass is 393 g/mol. The highest BCUT2D eigenvalue weighted by Gasteiger charge is 2.40. The van der Waals surface area contributed by atoms with Gasteiger partial charge in [-0.15, -0.1) is 6.42 Å². The topological polar surface area (TPSA) is 4.93 Å². The van der Waals surface area contributed by atoms with E-state index in [1.54, 1.807) is 0 Å². The first kappa shape index (κ1) is 18.7. The maximum Gasteiger partial charge on any atom is 0.0812 e. The first-order valence-corrected chi connectivity index (χ1v) is 10.3. The van der Waals surface area contributed by atoms with E-state index in [9.17, 15) is 0 Å². The maximum atomic E-state index is 5.15. The summed E-state index contributed by atoms with van der Waals surface area (Å²) >= 11 is 0. The molecule has 1 heteroatoms. The summed E-state index contributed by atoms with van der Waals surface area (Å²) in [4.78, 5) is 0. The Bertz CT molecular complexity index is 1600. The molecule has 0 bridgehead atoms. The molecule has 0 aliphatic heterocycles. The first-order valence-electron chi connectivity index (χ1n) is 10.3. The van der Waals surface area contributed by atoms with Crippen molar-refractivity contribution in [3.8, 4) is 59.0 Å². The molecular formula is C30H19N. The van der Waals surface area contributed by atoms with Crippen LogP contribution >= 0.6 is 0 Å². The molecule has 0 N–H and O–H groups in total. The van der Waals surface area contributed by atoms with Gasteiger partial charge < -0.3 is 4.57 Å². The van der Waals surface area contributed by atoms with Gasteiger partial charge in [-0.05, 0) is 83.8 Å². The number of para-hydroxylation sites is 1. The number of hydrogen-bond acceptors (Lipinski definition) is 0. The molecule has 5 rings (SSSR count). The lowest BCUT2D eigenvalue weighted by Crippen LogP contribution is -2.18. The summed E-state index contributed by atoms with van der Waals surface area (Å²) in [6, 6.07) is 21.7. The van der Waals surface area contributed by atoms with Gasteiger partial charge in [0.2, 0.25) is 0 Å². The van der Waals surface area contributed by atoms with Crippen LogP contribution < -0.4 is 0 Å². The fourth-order valence-electron chi connectivity index (χ4n) is 4.93. The van der Waals surface area contributed by atoms with Crippen LogP contribution in [0.15, 0.2) is 60.7 Å². The molecule has 0 saturated carbocycles. The van der Waals surface area contributed by atoms with Gasteiger partial charge in [0.05, 0.1) is 5.41 Å². The lowest BCUT2D eigenvalue weighted by Gasteiger charge is -2.21. The molecule has 0 saturated heterocycles. The van der Waals surface area contributed by atoms with Crippen LogP contribution in [0.4, 0.5) is 0 Å². The fourth-order valence-corrected chi connectivity index (χ4v) is 4.93. The molecule has 1 atom stereocenters. The van der Waals surface area contributed by atoms with E-state index in [1.807, 2.05) is 0 Å². The van der Waals surface area contributed by atoms with Crippen molar-refractivity contribution in [3.63, 3.8) is 0 Å². The SMILES string of the molecule is C#CC#CC#CC#CC1(C)c2ccccc2-c2ccc3c(c21)c1ccccc1n3CC. The van der Waals surface area contributed by atoms with Gasteiger partial charge >= 0.3 is 0 Å². The van der Waals surface area contributed by atoms with E-state index < -0.39 is 5.41 Å². The number of benzene rings is 3. The highest BCUT2D eigenvalue weighted by Crippen LogP contribution is 2.52. The molecule has 1 unspecified atom stereocenters. The predicted molar refractivity (Wildman–Crippen MR) is 129 cm³/mol. The largest absolute Gasteiger partial charge is 0.341 e. The Morgan fingerprint density at radius 1 is 0.806 bits per heavy atom. The van der Waals surface area contributed by atoms with Crippen molar-refractivity contribution in [2.75, 3.05) is 0 Å². The molecule has 0 fully saturated rings. The summed E-state index contributed by atoms with van der Waals surface area (Å²) in [5.41, 5.74) is 7.00. The molecule has 1 nitrogen and oxygen atoms in total. The van der Waals surface area contributed by atoms with Gasteiger partial charge in [0, 0.05) is 28.4 Å². The number of rotatable bonds is 1. The maximum absolute atomic E-state index is 5.15. The first-order chi connectivity index (χ1) is 15.2. The Kier molecular flexibility index (Phi) is 4.34. The molecular weight excluding hydrogens is 374 g/mol. The summed E-state index contributed by atoms with van der Waals surface area (Å²) in [6.07, 6.45) is 5.15. The molecule has 4 aromatic rings. The van der Waals surface area contributed by atoms with Gasteiger partial charge in [0.1, 0.15) is 0 Å². The average molecular weight is 393 g/mol. The van der Waals surface area contributed by atoms with Crippen molar-refractivity contribution in [1.29, 1.82) is 0 Å². The third-order valence-electron chi connectivity index (χ3n) is 6.15. The van der Waals surface area contributed by atoms with Gasteiger partial charge in [-0.25, -0.2) is 0 Å². The van der Waals surface area contributed by atoms with Gasteiger partial charge in [-0.1, -0.05) is 54.5 Å². The molecule has 144 valence electrons. The van der Waals surface area contributed by atoms with Crippen molar-refractivity contribution >= 4 is 21.8 Å². The van der Waals surface area contributed by atoms with Crippen LogP contribution in [0.25, 0.3) is 32.9 Å². The summed E-state index contributed by atoms with van der Waals surface area (Å²) in [5.74, 6) is 19.5. The van der Waals surface area contributed by atoms with Crippen LogP contribution in [0.5, 0.6) is 0 Å². The van der Waals surface area contributed by atoms with Crippen LogP contribution in [-0.2, 0) is 12.0 Å². The minimum Gasteiger partial charge on any atom is -0.341 e. The second-order valence-corrected chi connectivity index (χ2v) is 7.71. The molecule has 1 heterocycles. The van der Waals surface area contributed by atoms with Crippen LogP contribution in [0.1, 0.15) is 25.0 Å². The van der Waals surface area contributed by atoms with Crippen molar-refractivity contribution < 1.29 is 0 Å².